The standard InChI is InChI=1S/C13H22N2O/c1-10-4-6-12(7-5-10)13(16)15(3)11(2)8-9-14/h10-12H,4-8H2,1-3H3. The lowest BCUT2D eigenvalue weighted by Gasteiger charge is -2.31. The first-order chi connectivity index (χ1) is 7.56. The molecule has 3 nitrogen and oxygen atoms in total. The summed E-state index contributed by atoms with van der Waals surface area (Å²) >= 11 is 0. The van der Waals surface area contributed by atoms with Gasteiger partial charge < -0.3 is 4.90 Å². The molecule has 0 heterocycles. The Morgan fingerprint density at radius 2 is 2.00 bits per heavy atom. The maximum Gasteiger partial charge on any atom is 0.225 e. The summed E-state index contributed by atoms with van der Waals surface area (Å²) in [6.07, 6.45) is 4.78. The van der Waals surface area contributed by atoms with Gasteiger partial charge in [-0.25, -0.2) is 0 Å². The van der Waals surface area contributed by atoms with Crippen LogP contribution in [0.1, 0.15) is 46.0 Å². The summed E-state index contributed by atoms with van der Waals surface area (Å²) in [5.41, 5.74) is 0. The zero-order valence-electron chi connectivity index (χ0n) is 10.6. The average molecular weight is 222 g/mol. The molecule has 1 unspecified atom stereocenters. The van der Waals surface area contributed by atoms with Crippen LogP contribution in [-0.4, -0.2) is 23.9 Å². The Kier molecular flexibility index (Phi) is 4.79. The van der Waals surface area contributed by atoms with Crippen molar-refractivity contribution in [3.05, 3.63) is 0 Å². The van der Waals surface area contributed by atoms with Gasteiger partial charge in [0.25, 0.3) is 0 Å². The molecule has 1 rings (SSSR count). The van der Waals surface area contributed by atoms with Crippen LogP contribution in [0, 0.1) is 23.2 Å². The molecule has 0 radical (unpaired) electrons. The van der Waals surface area contributed by atoms with Gasteiger partial charge in [-0.1, -0.05) is 6.92 Å². The Morgan fingerprint density at radius 3 is 2.50 bits per heavy atom. The molecule has 3 heteroatoms. The van der Waals surface area contributed by atoms with Crippen molar-refractivity contribution in [1.29, 1.82) is 5.26 Å². The van der Waals surface area contributed by atoms with E-state index in [1.54, 1.807) is 4.90 Å². The summed E-state index contributed by atoms with van der Waals surface area (Å²) in [5.74, 6) is 1.20. The second-order valence-corrected chi connectivity index (χ2v) is 5.12. The van der Waals surface area contributed by atoms with Crippen molar-refractivity contribution >= 4 is 5.91 Å². The first kappa shape index (κ1) is 13.0. The van der Waals surface area contributed by atoms with Crippen LogP contribution in [0.3, 0.4) is 0 Å². The highest BCUT2D eigenvalue weighted by atomic mass is 16.2. The molecule has 0 N–H and O–H groups in total. The van der Waals surface area contributed by atoms with Crippen molar-refractivity contribution in [2.75, 3.05) is 7.05 Å². The Morgan fingerprint density at radius 1 is 1.44 bits per heavy atom. The van der Waals surface area contributed by atoms with E-state index in [2.05, 4.69) is 13.0 Å². The van der Waals surface area contributed by atoms with Crippen molar-refractivity contribution in [2.45, 2.75) is 52.0 Å². The van der Waals surface area contributed by atoms with E-state index in [1.165, 1.54) is 0 Å². The third-order valence-electron chi connectivity index (χ3n) is 3.76. The molecule has 1 saturated carbocycles. The fourth-order valence-corrected chi connectivity index (χ4v) is 2.28. The lowest BCUT2D eigenvalue weighted by atomic mass is 9.82. The van der Waals surface area contributed by atoms with Gasteiger partial charge in [0.05, 0.1) is 12.5 Å². The molecule has 1 amide bonds. The van der Waals surface area contributed by atoms with Crippen molar-refractivity contribution in [3.63, 3.8) is 0 Å². The van der Waals surface area contributed by atoms with Gasteiger partial charge >= 0.3 is 0 Å². The molecule has 0 spiro atoms. The van der Waals surface area contributed by atoms with Gasteiger partial charge in [-0.3, -0.25) is 4.79 Å². The molecular weight excluding hydrogens is 200 g/mol. The normalized spacial score (nSPS) is 26.9. The largest absolute Gasteiger partial charge is 0.342 e. The lowest BCUT2D eigenvalue weighted by Crippen LogP contribution is -2.40. The van der Waals surface area contributed by atoms with E-state index >= 15 is 0 Å². The maximum atomic E-state index is 12.1. The van der Waals surface area contributed by atoms with Gasteiger partial charge in [-0.2, -0.15) is 5.26 Å². The predicted molar refractivity (Wildman–Crippen MR) is 63.6 cm³/mol. The molecule has 1 atom stereocenters. The molecule has 90 valence electrons. The summed E-state index contributed by atoms with van der Waals surface area (Å²) in [6.45, 7) is 4.19. The van der Waals surface area contributed by atoms with E-state index in [1.807, 2.05) is 14.0 Å². The number of carbonyl (C=O) groups excluding carboxylic acids is 1. The highest BCUT2D eigenvalue weighted by Gasteiger charge is 2.28. The van der Waals surface area contributed by atoms with Crippen LogP contribution in [-0.2, 0) is 4.79 Å². The SMILES string of the molecule is CC1CCC(C(=O)N(C)C(C)CC#N)CC1. The second-order valence-electron chi connectivity index (χ2n) is 5.12. The lowest BCUT2D eigenvalue weighted by molar-refractivity contribution is -0.137. The topological polar surface area (TPSA) is 44.1 Å². The van der Waals surface area contributed by atoms with Crippen LogP contribution in [0.4, 0.5) is 0 Å². The third-order valence-corrected chi connectivity index (χ3v) is 3.76. The van der Waals surface area contributed by atoms with E-state index in [4.69, 9.17) is 5.26 Å². The molecule has 0 saturated heterocycles. The van der Waals surface area contributed by atoms with Crippen LogP contribution in [0.15, 0.2) is 0 Å². The Labute approximate surface area is 98.4 Å². The summed E-state index contributed by atoms with van der Waals surface area (Å²) in [6, 6.07) is 2.16. The second kappa shape index (κ2) is 5.89. The number of carbonyl (C=O) groups is 1. The van der Waals surface area contributed by atoms with E-state index < -0.39 is 0 Å². The number of rotatable bonds is 3. The molecule has 0 aliphatic heterocycles. The molecular formula is C13H22N2O. The highest BCUT2D eigenvalue weighted by molar-refractivity contribution is 5.79. The third kappa shape index (κ3) is 3.23. The van der Waals surface area contributed by atoms with E-state index in [0.717, 1.165) is 31.6 Å². The number of nitrogens with zero attached hydrogens (tertiary/aromatic N) is 2. The molecule has 1 fully saturated rings. The van der Waals surface area contributed by atoms with Crippen LogP contribution in [0.25, 0.3) is 0 Å². The van der Waals surface area contributed by atoms with Gasteiger partial charge in [0.1, 0.15) is 0 Å². The zero-order valence-corrected chi connectivity index (χ0v) is 10.6. The first-order valence-corrected chi connectivity index (χ1v) is 6.19. The molecule has 1 aliphatic carbocycles. The van der Waals surface area contributed by atoms with Crippen molar-refractivity contribution in [2.24, 2.45) is 11.8 Å². The van der Waals surface area contributed by atoms with Crippen LogP contribution < -0.4 is 0 Å². The summed E-state index contributed by atoms with van der Waals surface area (Å²) in [7, 11) is 1.82. The molecule has 0 aromatic heterocycles. The minimum atomic E-state index is 0.0388. The average Bonchev–Trinajstić information content (AvgIpc) is 2.28. The molecule has 0 aromatic rings. The Bertz CT molecular complexity index is 274. The van der Waals surface area contributed by atoms with Gasteiger partial charge in [0, 0.05) is 19.0 Å². The van der Waals surface area contributed by atoms with Gasteiger partial charge in [0.15, 0.2) is 0 Å². The minimum absolute atomic E-state index is 0.0388. The number of hydrogen-bond donors (Lipinski definition) is 0. The van der Waals surface area contributed by atoms with Crippen molar-refractivity contribution < 1.29 is 4.79 Å². The molecule has 0 bridgehead atoms. The monoisotopic (exact) mass is 222 g/mol. The number of nitriles is 1. The van der Waals surface area contributed by atoms with E-state index in [0.29, 0.717) is 6.42 Å². The Balaban J connectivity index is 2.48. The summed E-state index contributed by atoms with van der Waals surface area (Å²) in [5, 5.41) is 8.62. The zero-order chi connectivity index (χ0) is 12.1. The smallest absolute Gasteiger partial charge is 0.225 e. The van der Waals surface area contributed by atoms with Gasteiger partial charge in [-0.15, -0.1) is 0 Å². The fourth-order valence-electron chi connectivity index (χ4n) is 2.28. The number of amides is 1. The molecule has 16 heavy (non-hydrogen) atoms. The predicted octanol–water partition coefficient (Wildman–Crippen LogP) is 2.57. The van der Waals surface area contributed by atoms with Crippen LogP contribution in [0.2, 0.25) is 0 Å². The summed E-state index contributed by atoms with van der Waals surface area (Å²) in [4.78, 5) is 13.9. The quantitative estimate of drug-likeness (QED) is 0.736. The van der Waals surface area contributed by atoms with Gasteiger partial charge in [-0.05, 0) is 38.5 Å². The Hall–Kier alpha value is -1.04. The minimum Gasteiger partial charge on any atom is -0.342 e. The maximum absolute atomic E-state index is 12.1. The van der Waals surface area contributed by atoms with Crippen LogP contribution >= 0.6 is 0 Å². The summed E-state index contributed by atoms with van der Waals surface area (Å²) < 4.78 is 0. The first-order valence-electron chi connectivity index (χ1n) is 6.19. The molecule has 0 aromatic carbocycles. The van der Waals surface area contributed by atoms with Crippen LogP contribution in [0.5, 0.6) is 0 Å². The van der Waals surface area contributed by atoms with E-state index in [-0.39, 0.29) is 17.9 Å². The van der Waals surface area contributed by atoms with Gasteiger partial charge in [0.2, 0.25) is 5.91 Å². The highest BCUT2D eigenvalue weighted by Crippen LogP contribution is 2.29. The number of hydrogen-bond acceptors (Lipinski definition) is 2. The molecule has 1 aliphatic rings. The van der Waals surface area contributed by atoms with Crippen molar-refractivity contribution in [3.8, 4) is 6.07 Å². The fraction of sp³-hybridized carbons (Fsp3) is 0.846. The van der Waals surface area contributed by atoms with E-state index in [9.17, 15) is 4.79 Å². The van der Waals surface area contributed by atoms with Crippen molar-refractivity contribution in [1.82, 2.24) is 4.90 Å².